The highest BCUT2D eigenvalue weighted by molar-refractivity contribution is 9.10. The lowest BCUT2D eigenvalue weighted by atomic mass is 10.1. The van der Waals surface area contributed by atoms with Crippen LogP contribution in [0.25, 0.3) is 0 Å². The van der Waals surface area contributed by atoms with Gasteiger partial charge in [0.05, 0.1) is 7.11 Å². The SMILES string of the molecule is COc1cccc(Cl)c1CNC(C)c1ccccc1Br. The Hall–Kier alpha value is -1.03. The van der Waals surface area contributed by atoms with Crippen molar-refractivity contribution >= 4 is 27.5 Å². The molecule has 2 rings (SSSR count). The van der Waals surface area contributed by atoms with Gasteiger partial charge in [0, 0.05) is 27.6 Å². The van der Waals surface area contributed by atoms with E-state index in [1.54, 1.807) is 7.11 Å². The summed E-state index contributed by atoms with van der Waals surface area (Å²) in [5.74, 6) is 0.810. The molecule has 1 unspecified atom stereocenters. The molecule has 0 fully saturated rings. The summed E-state index contributed by atoms with van der Waals surface area (Å²) in [7, 11) is 1.66. The standard InChI is InChI=1S/C16H17BrClNO/c1-11(12-6-3-4-7-14(12)17)19-10-13-15(18)8-5-9-16(13)20-2/h3-9,11,19H,10H2,1-2H3. The fraction of sp³-hybridized carbons (Fsp3) is 0.250. The van der Waals surface area contributed by atoms with Crippen molar-refractivity contribution in [3.05, 3.63) is 63.1 Å². The summed E-state index contributed by atoms with van der Waals surface area (Å²) in [6.45, 7) is 2.79. The Kier molecular flexibility index (Phi) is 5.46. The topological polar surface area (TPSA) is 21.3 Å². The van der Waals surface area contributed by atoms with Gasteiger partial charge in [-0.15, -0.1) is 0 Å². The van der Waals surface area contributed by atoms with Gasteiger partial charge >= 0.3 is 0 Å². The lowest BCUT2D eigenvalue weighted by Gasteiger charge is -2.17. The number of nitrogens with one attached hydrogen (secondary N) is 1. The maximum Gasteiger partial charge on any atom is 0.124 e. The normalized spacial score (nSPS) is 12.2. The molecule has 0 aliphatic heterocycles. The molecule has 0 heterocycles. The van der Waals surface area contributed by atoms with E-state index in [4.69, 9.17) is 16.3 Å². The van der Waals surface area contributed by atoms with Crippen LogP contribution in [0.2, 0.25) is 5.02 Å². The number of hydrogen-bond donors (Lipinski definition) is 1. The van der Waals surface area contributed by atoms with E-state index in [0.717, 1.165) is 20.8 Å². The minimum absolute atomic E-state index is 0.214. The van der Waals surface area contributed by atoms with Crippen molar-refractivity contribution in [2.24, 2.45) is 0 Å². The highest BCUT2D eigenvalue weighted by Crippen LogP contribution is 2.28. The number of halogens is 2. The largest absolute Gasteiger partial charge is 0.496 e. The van der Waals surface area contributed by atoms with Crippen LogP contribution in [-0.4, -0.2) is 7.11 Å². The highest BCUT2D eigenvalue weighted by Gasteiger charge is 2.11. The second-order valence-electron chi connectivity index (χ2n) is 4.54. The van der Waals surface area contributed by atoms with Crippen LogP contribution >= 0.6 is 27.5 Å². The first-order valence-corrected chi connectivity index (χ1v) is 7.59. The molecule has 106 valence electrons. The Bertz CT molecular complexity index is 588. The van der Waals surface area contributed by atoms with Crippen LogP contribution in [0, 0.1) is 0 Å². The van der Waals surface area contributed by atoms with Crippen LogP contribution in [0.1, 0.15) is 24.1 Å². The van der Waals surface area contributed by atoms with Crippen LogP contribution in [0.3, 0.4) is 0 Å². The van der Waals surface area contributed by atoms with E-state index in [1.165, 1.54) is 5.56 Å². The van der Waals surface area contributed by atoms with Gasteiger partial charge in [0.25, 0.3) is 0 Å². The number of rotatable bonds is 5. The van der Waals surface area contributed by atoms with Crippen LogP contribution in [0.4, 0.5) is 0 Å². The fourth-order valence-electron chi connectivity index (χ4n) is 2.09. The minimum Gasteiger partial charge on any atom is -0.496 e. The molecule has 0 aliphatic rings. The van der Waals surface area contributed by atoms with Gasteiger partial charge in [0.1, 0.15) is 5.75 Å². The van der Waals surface area contributed by atoms with Crippen molar-refractivity contribution in [2.45, 2.75) is 19.5 Å². The summed E-state index contributed by atoms with van der Waals surface area (Å²) in [6, 6.07) is 14.1. The highest BCUT2D eigenvalue weighted by atomic mass is 79.9. The molecule has 20 heavy (non-hydrogen) atoms. The van der Waals surface area contributed by atoms with Gasteiger partial charge in [-0.1, -0.05) is 51.8 Å². The molecular formula is C16H17BrClNO. The molecule has 2 aromatic carbocycles. The molecule has 0 spiro atoms. The third-order valence-electron chi connectivity index (χ3n) is 3.25. The second-order valence-corrected chi connectivity index (χ2v) is 5.81. The average molecular weight is 355 g/mol. The summed E-state index contributed by atoms with van der Waals surface area (Å²) in [5.41, 5.74) is 2.20. The van der Waals surface area contributed by atoms with Crippen molar-refractivity contribution in [1.29, 1.82) is 0 Å². The Balaban J connectivity index is 2.11. The predicted molar refractivity (Wildman–Crippen MR) is 87.4 cm³/mol. The van der Waals surface area contributed by atoms with Gasteiger partial charge in [-0.3, -0.25) is 0 Å². The predicted octanol–water partition coefficient (Wildman–Crippen LogP) is 4.96. The molecule has 1 atom stereocenters. The minimum atomic E-state index is 0.214. The zero-order valence-electron chi connectivity index (χ0n) is 11.5. The van der Waals surface area contributed by atoms with Crippen LogP contribution in [0.5, 0.6) is 5.75 Å². The molecule has 0 aliphatic carbocycles. The first kappa shape index (κ1) is 15.4. The van der Waals surface area contributed by atoms with Crippen LogP contribution in [-0.2, 0) is 6.54 Å². The zero-order chi connectivity index (χ0) is 14.5. The molecule has 2 nitrogen and oxygen atoms in total. The van der Waals surface area contributed by atoms with Crippen LogP contribution < -0.4 is 10.1 Å². The Morgan fingerprint density at radius 2 is 1.95 bits per heavy atom. The third-order valence-corrected chi connectivity index (χ3v) is 4.33. The van der Waals surface area contributed by atoms with E-state index in [0.29, 0.717) is 6.54 Å². The Labute approximate surface area is 133 Å². The van der Waals surface area contributed by atoms with E-state index >= 15 is 0 Å². The van der Waals surface area contributed by atoms with Gasteiger partial charge in [-0.25, -0.2) is 0 Å². The summed E-state index contributed by atoms with van der Waals surface area (Å²) in [6.07, 6.45) is 0. The third kappa shape index (κ3) is 3.54. The monoisotopic (exact) mass is 353 g/mol. The first-order valence-electron chi connectivity index (χ1n) is 6.42. The van der Waals surface area contributed by atoms with Crippen molar-refractivity contribution in [1.82, 2.24) is 5.32 Å². The van der Waals surface area contributed by atoms with Crippen molar-refractivity contribution < 1.29 is 4.74 Å². The maximum absolute atomic E-state index is 6.24. The lowest BCUT2D eigenvalue weighted by Crippen LogP contribution is -2.19. The molecule has 0 radical (unpaired) electrons. The molecule has 0 saturated carbocycles. The van der Waals surface area contributed by atoms with Crippen molar-refractivity contribution in [2.75, 3.05) is 7.11 Å². The van der Waals surface area contributed by atoms with E-state index < -0.39 is 0 Å². The summed E-state index contributed by atoms with van der Waals surface area (Å²) < 4.78 is 6.46. The van der Waals surface area contributed by atoms with Gasteiger partial charge < -0.3 is 10.1 Å². The van der Waals surface area contributed by atoms with Gasteiger partial charge in [-0.2, -0.15) is 0 Å². The van der Waals surface area contributed by atoms with Gasteiger partial charge in [0.2, 0.25) is 0 Å². The molecule has 4 heteroatoms. The Morgan fingerprint density at radius 1 is 1.20 bits per heavy atom. The van der Waals surface area contributed by atoms with Gasteiger partial charge in [-0.05, 0) is 30.7 Å². The summed E-state index contributed by atoms with van der Waals surface area (Å²) in [5, 5.41) is 4.20. The second kappa shape index (κ2) is 7.11. The molecule has 0 saturated heterocycles. The van der Waals surface area contributed by atoms with Crippen LogP contribution in [0.15, 0.2) is 46.9 Å². The summed E-state index contributed by atoms with van der Waals surface area (Å²) >= 11 is 9.81. The summed E-state index contributed by atoms with van der Waals surface area (Å²) in [4.78, 5) is 0. The van der Waals surface area contributed by atoms with E-state index in [9.17, 15) is 0 Å². The fourth-order valence-corrected chi connectivity index (χ4v) is 2.95. The molecular weight excluding hydrogens is 338 g/mol. The van der Waals surface area contributed by atoms with Crippen molar-refractivity contribution in [3.8, 4) is 5.75 Å². The number of benzene rings is 2. The molecule has 0 amide bonds. The molecule has 1 N–H and O–H groups in total. The maximum atomic E-state index is 6.24. The molecule has 0 aromatic heterocycles. The molecule has 2 aromatic rings. The number of hydrogen-bond acceptors (Lipinski definition) is 2. The van der Waals surface area contributed by atoms with Crippen molar-refractivity contribution in [3.63, 3.8) is 0 Å². The van der Waals surface area contributed by atoms with E-state index in [-0.39, 0.29) is 6.04 Å². The van der Waals surface area contributed by atoms with E-state index in [2.05, 4.69) is 34.2 Å². The molecule has 0 bridgehead atoms. The number of methoxy groups -OCH3 is 1. The number of ether oxygens (including phenoxy) is 1. The average Bonchev–Trinajstić information content (AvgIpc) is 2.46. The first-order chi connectivity index (χ1) is 9.63. The smallest absolute Gasteiger partial charge is 0.124 e. The quantitative estimate of drug-likeness (QED) is 0.819. The van der Waals surface area contributed by atoms with Gasteiger partial charge in [0.15, 0.2) is 0 Å². The Morgan fingerprint density at radius 3 is 2.65 bits per heavy atom. The lowest BCUT2D eigenvalue weighted by molar-refractivity contribution is 0.406. The zero-order valence-corrected chi connectivity index (χ0v) is 13.8. The van der Waals surface area contributed by atoms with E-state index in [1.807, 2.05) is 36.4 Å².